The zero-order chi connectivity index (χ0) is 20.8. The van der Waals surface area contributed by atoms with Gasteiger partial charge in [-0.15, -0.1) is 0 Å². The van der Waals surface area contributed by atoms with Crippen LogP contribution in [0, 0.1) is 0 Å². The maximum absolute atomic E-state index is 12.3. The molecule has 0 atom stereocenters. The first kappa shape index (κ1) is 19.3. The average Bonchev–Trinajstić information content (AvgIpc) is 2.81. The highest BCUT2D eigenvalue weighted by molar-refractivity contribution is 6.00. The number of carbonyl (C=O) groups excluding carboxylic acids is 1. The lowest BCUT2D eigenvalue weighted by atomic mass is 10.1. The molecule has 5 nitrogen and oxygen atoms in total. The second-order valence-corrected chi connectivity index (χ2v) is 6.87. The van der Waals surface area contributed by atoms with Crippen molar-refractivity contribution in [2.45, 2.75) is 13.5 Å². The van der Waals surface area contributed by atoms with Crippen molar-refractivity contribution in [3.63, 3.8) is 0 Å². The zero-order valence-electron chi connectivity index (χ0n) is 16.6. The molecule has 1 N–H and O–H groups in total. The molecule has 0 saturated carbocycles. The maximum Gasteiger partial charge on any atom is 0.271 e. The number of hydrogen-bond acceptors (Lipinski definition) is 4. The van der Waals surface area contributed by atoms with Crippen LogP contribution < -0.4 is 10.2 Å². The largest absolute Gasteiger partial charge is 0.489 e. The summed E-state index contributed by atoms with van der Waals surface area (Å²) >= 11 is 0. The van der Waals surface area contributed by atoms with Crippen LogP contribution in [0.1, 0.15) is 28.4 Å². The molecule has 0 aliphatic heterocycles. The number of nitrogens with one attached hydrogen (secondary N) is 1. The Balaban J connectivity index is 1.35. The van der Waals surface area contributed by atoms with Crippen LogP contribution in [-0.4, -0.2) is 16.6 Å². The van der Waals surface area contributed by atoms with E-state index in [2.05, 4.69) is 27.6 Å². The SMILES string of the molecule is C/C(=N\NC(=O)c1ccc(COc2ccc3ccccc3c2)cc1)c1cccnc1. The van der Waals surface area contributed by atoms with Crippen molar-refractivity contribution >= 4 is 22.4 Å². The highest BCUT2D eigenvalue weighted by Crippen LogP contribution is 2.21. The Labute approximate surface area is 175 Å². The van der Waals surface area contributed by atoms with Crippen LogP contribution in [0.15, 0.2) is 96.4 Å². The van der Waals surface area contributed by atoms with Crippen molar-refractivity contribution in [2.75, 3.05) is 0 Å². The summed E-state index contributed by atoms with van der Waals surface area (Å²) in [5.74, 6) is 0.552. The van der Waals surface area contributed by atoms with Crippen molar-refractivity contribution in [2.24, 2.45) is 5.10 Å². The number of hydrogen-bond donors (Lipinski definition) is 1. The minimum Gasteiger partial charge on any atom is -0.489 e. The first-order chi connectivity index (χ1) is 14.7. The topological polar surface area (TPSA) is 63.6 Å². The maximum atomic E-state index is 12.3. The molecule has 4 rings (SSSR count). The van der Waals surface area contributed by atoms with Gasteiger partial charge >= 0.3 is 0 Å². The number of amides is 1. The Morgan fingerprint density at radius 3 is 2.50 bits per heavy atom. The molecule has 148 valence electrons. The first-order valence-electron chi connectivity index (χ1n) is 9.64. The second-order valence-electron chi connectivity index (χ2n) is 6.87. The minimum absolute atomic E-state index is 0.264. The summed E-state index contributed by atoms with van der Waals surface area (Å²) in [6, 6.07) is 25.2. The number of fused-ring (bicyclic) bond motifs is 1. The van der Waals surface area contributed by atoms with Gasteiger partial charge in [-0.25, -0.2) is 5.43 Å². The summed E-state index contributed by atoms with van der Waals surface area (Å²) in [5, 5.41) is 6.47. The van der Waals surface area contributed by atoms with Gasteiger partial charge in [0.1, 0.15) is 12.4 Å². The number of benzene rings is 3. The van der Waals surface area contributed by atoms with Crippen LogP contribution in [-0.2, 0) is 6.61 Å². The Morgan fingerprint density at radius 2 is 1.73 bits per heavy atom. The van der Waals surface area contributed by atoms with Gasteiger partial charge < -0.3 is 4.74 Å². The molecular formula is C25H21N3O2. The molecule has 4 aromatic rings. The van der Waals surface area contributed by atoms with Gasteiger partial charge in [0.05, 0.1) is 5.71 Å². The fourth-order valence-corrected chi connectivity index (χ4v) is 3.02. The van der Waals surface area contributed by atoms with E-state index in [4.69, 9.17) is 4.74 Å². The Morgan fingerprint density at radius 1 is 0.933 bits per heavy atom. The van der Waals surface area contributed by atoms with Gasteiger partial charge in [0, 0.05) is 23.5 Å². The van der Waals surface area contributed by atoms with Gasteiger partial charge in [0.15, 0.2) is 0 Å². The smallest absolute Gasteiger partial charge is 0.271 e. The molecule has 0 aliphatic carbocycles. The summed E-state index contributed by atoms with van der Waals surface area (Å²) in [5.41, 5.74) is 5.65. The highest BCUT2D eigenvalue weighted by atomic mass is 16.5. The second kappa shape index (κ2) is 9.01. The van der Waals surface area contributed by atoms with Crippen LogP contribution in [0.4, 0.5) is 0 Å². The molecule has 0 bridgehead atoms. The van der Waals surface area contributed by atoms with E-state index in [-0.39, 0.29) is 5.91 Å². The predicted octanol–water partition coefficient (Wildman–Crippen LogP) is 4.97. The standard InChI is InChI=1S/C25H21N3O2/c1-18(23-7-4-14-26-16-23)27-28-25(29)21-10-8-19(9-11-21)17-30-24-13-12-20-5-2-3-6-22(20)15-24/h2-16H,17H2,1H3,(H,28,29)/b27-18+. The molecule has 0 spiro atoms. The third kappa shape index (κ3) is 4.70. The van der Waals surface area contributed by atoms with Gasteiger partial charge in [0.2, 0.25) is 0 Å². The number of pyridine rings is 1. The molecule has 1 heterocycles. The molecule has 0 radical (unpaired) electrons. The fraction of sp³-hybridized carbons (Fsp3) is 0.0800. The summed E-state index contributed by atoms with van der Waals surface area (Å²) in [4.78, 5) is 16.4. The van der Waals surface area contributed by atoms with E-state index in [1.807, 2.05) is 61.5 Å². The van der Waals surface area contributed by atoms with Crippen LogP contribution in [0.3, 0.4) is 0 Å². The van der Waals surface area contributed by atoms with Crippen LogP contribution in [0.5, 0.6) is 5.75 Å². The number of ether oxygens (including phenoxy) is 1. The summed E-state index contributed by atoms with van der Waals surface area (Å²) in [6.07, 6.45) is 3.40. The van der Waals surface area contributed by atoms with Gasteiger partial charge in [-0.2, -0.15) is 5.10 Å². The summed E-state index contributed by atoms with van der Waals surface area (Å²) in [6.45, 7) is 2.25. The molecule has 1 aromatic heterocycles. The average molecular weight is 395 g/mol. The molecule has 0 saturated heterocycles. The van der Waals surface area contributed by atoms with Gasteiger partial charge in [-0.1, -0.05) is 48.5 Å². The highest BCUT2D eigenvalue weighted by Gasteiger charge is 2.06. The van der Waals surface area contributed by atoms with Gasteiger partial charge in [-0.05, 0) is 53.6 Å². The Hall–Kier alpha value is -3.99. The third-order valence-electron chi connectivity index (χ3n) is 4.75. The number of hydrazone groups is 1. The Bertz CT molecular complexity index is 1190. The van der Waals surface area contributed by atoms with Crippen molar-refractivity contribution in [1.82, 2.24) is 10.4 Å². The third-order valence-corrected chi connectivity index (χ3v) is 4.75. The summed E-state index contributed by atoms with van der Waals surface area (Å²) < 4.78 is 5.90. The molecule has 5 heteroatoms. The zero-order valence-corrected chi connectivity index (χ0v) is 16.6. The van der Waals surface area contributed by atoms with E-state index in [0.717, 1.165) is 22.3 Å². The molecule has 0 aliphatic rings. The molecule has 30 heavy (non-hydrogen) atoms. The number of aromatic nitrogens is 1. The quantitative estimate of drug-likeness (QED) is 0.370. The first-order valence-corrected chi connectivity index (χ1v) is 9.64. The number of rotatable bonds is 6. The van der Waals surface area contributed by atoms with E-state index in [1.54, 1.807) is 24.5 Å². The van der Waals surface area contributed by atoms with Crippen LogP contribution in [0.2, 0.25) is 0 Å². The minimum atomic E-state index is -0.264. The predicted molar refractivity (Wildman–Crippen MR) is 119 cm³/mol. The molecule has 0 fully saturated rings. The Kier molecular flexibility index (Phi) is 5.80. The summed E-state index contributed by atoms with van der Waals surface area (Å²) in [7, 11) is 0. The number of carbonyl (C=O) groups is 1. The van der Waals surface area contributed by atoms with E-state index in [0.29, 0.717) is 17.9 Å². The lowest BCUT2D eigenvalue weighted by Crippen LogP contribution is -2.19. The monoisotopic (exact) mass is 395 g/mol. The fourth-order valence-electron chi connectivity index (χ4n) is 3.02. The van der Waals surface area contributed by atoms with Crippen molar-refractivity contribution in [3.8, 4) is 5.75 Å². The van der Waals surface area contributed by atoms with Crippen LogP contribution in [0.25, 0.3) is 10.8 Å². The molecule has 1 amide bonds. The molecular weight excluding hydrogens is 374 g/mol. The van der Waals surface area contributed by atoms with Crippen molar-refractivity contribution in [3.05, 3.63) is 108 Å². The van der Waals surface area contributed by atoms with Gasteiger partial charge in [0.25, 0.3) is 5.91 Å². The molecule has 3 aromatic carbocycles. The van der Waals surface area contributed by atoms with Crippen molar-refractivity contribution < 1.29 is 9.53 Å². The normalized spacial score (nSPS) is 11.3. The molecule has 0 unspecified atom stereocenters. The lowest BCUT2D eigenvalue weighted by molar-refractivity contribution is 0.0955. The van der Waals surface area contributed by atoms with E-state index >= 15 is 0 Å². The number of nitrogens with zero attached hydrogens (tertiary/aromatic N) is 2. The van der Waals surface area contributed by atoms with Crippen LogP contribution >= 0.6 is 0 Å². The van der Waals surface area contributed by atoms with E-state index in [1.165, 1.54) is 5.39 Å². The van der Waals surface area contributed by atoms with E-state index < -0.39 is 0 Å². The van der Waals surface area contributed by atoms with Gasteiger partial charge in [-0.3, -0.25) is 9.78 Å². The lowest BCUT2D eigenvalue weighted by Gasteiger charge is -2.08. The van der Waals surface area contributed by atoms with E-state index in [9.17, 15) is 4.79 Å². The van der Waals surface area contributed by atoms with Crippen molar-refractivity contribution in [1.29, 1.82) is 0 Å².